The van der Waals surface area contributed by atoms with Crippen molar-refractivity contribution in [3.05, 3.63) is 158 Å². The van der Waals surface area contributed by atoms with Crippen LogP contribution in [-0.2, 0) is 0 Å². The maximum atomic E-state index is 5.47. The van der Waals surface area contributed by atoms with Gasteiger partial charge >= 0.3 is 0 Å². The maximum Gasteiger partial charge on any atom is 0.235 e. The van der Waals surface area contributed by atoms with E-state index in [9.17, 15) is 0 Å². The molecular formula is C44H26N4S. The number of thiophene rings is 1. The fraction of sp³-hybridized carbons (Fsp3) is 0. The van der Waals surface area contributed by atoms with E-state index in [2.05, 4.69) is 167 Å². The van der Waals surface area contributed by atoms with Crippen molar-refractivity contribution in [1.82, 2.24) is 19.1 Å². The summed E-state index contributed by atoms with van der Waals surface area (Å²) in [5.74, 6) is 0.673. The van der Waals surface area contributed by atoms with Crippen molar-refractivity contribution in [2.75, 3.05) is 0 Å². The summed E-state index contributed by atoms with van der Waals surface area (Å²) in [5, 5.41) is 8.40. The molecule has 49 heavy (non-hydrogen) atoms. The number of nitrogens with zero attached hydrogens (tertiary/aromatic N) is 4. The molecule has 0 fully saturated rings. The zero-order valence-corrected chi connectivity index (χ0v) is 27.0. The summed E-state index contributed by atoms with van der Waals surface area (Å²) in [6.45, 7) is 0. The molecule has 0 radical (unpaired) electrons. The summed E-state index contributed by atoms with van der Waals surface area (Å²) < 4.78 is 7.00. The van der Waals surface area contributed by atoms with Gasteiger partial charge in [-0.05, 0) is 53.2 Å². The number of hydrogen-bond acceptors (Lipinski definition) is 3. The van der Waals surface area contributed by atoms with Gasteiger partial charge in [-0.15, -0.1) is 11.3 Å². The fourth-order valence-electron chi connectivity index (χ4n) is 7.78. The molecular weight excluding hydrogens is 617 g/mol. The molecule has 228 valence electrons. The second kappa shape index (κ2) is 10.1. The molecule has 11 aromatic rings. The molecule has 0 atom stereocenters. The highest BCUT2D eigenvalue weighted by atomic mass is 32.1. The highest BCUT2D eigenvalue weighted by Gasteiger charge is 2.23. The van der Waals surface area contributed by atoms with Crippen molar-refractivity contribution in [2.45, 2.75) is 0 Å². The Bertz CT molecular complexity index is 3110. The molecule has 0 saturated carbocycles. The Morgan fingerprint density at radius 1 is 0.469 bits per heavy atom. The van der Waals surface area contributed by atoms with Crippen molar-refractivity contribution in [2.24, 2.45) is 0 Å². The smallest absolute Gasteiger partial charge is 0.235 e. The van der Waals surface area contributed by atoms with Gasteiger partial charge in [-0.2, -0.15) is 0 Å². The molecule has 11 rings (SSSR count). The van der Waals surface area contributed by atoms with Gasteiger partial charge in [0.2, 0.25) is 5.95 Å². The van der Waals surface area contributed by atoms with Crippen molar-refractivity contribution >= 4 is 86.0 Å². The molecule has 0 amide bonds. The lowest BCUT2D eigenvalue weighted by molar-refractivity contribution is 1.02. The lowest BCUT2D eigenvalue weighted by Crippen LogP contribution is -2.02. The summed E-state index contributed by atoms with van der Waals surface area (Å²) in [4.78, 5) is 10.9. The Hall–Kier alpha value is -6.30. The van der Waals surface area contributed by atoms with Gasteiger partial charge in [-0.25, -0.2) is 9.97 Å². The zero-order valence-electron chi connectivity index (χ0n) is 26.2. The first kappa shape index (κ1) is 26.7. The molecule has 7 aromatic carbocycles. The van der Waals surface area contributed by atoms with E-state index in [1.807, 2.05) is 0 Å². The summed E-state index contributed by atoms with van der Waals surface area (Å²) in [6.07, 6.45) is 0. The van der Waals surface area contributed by atoms with Gasteiger partial charge in [-0.3, -0.25) is 4.57 Å². The molecule has 0 spiro atoms. The van der Waals surface area contributed by atoms with Crippen molar-refractivity contribution in [1.29, 1.82) is 0 Å². The largest absolute Gasteiger partial charge is 0.309 e. The topological polar surface area (TPSA) is 35.6 Å². The number of para-hydroxylation sites is 3. The van der Waals surface area contributed by atoms with Gasteiger partial charge in [0.25, 0.3) is 0 Å². The van der Waals surface area contributed by atoms with E-state index in [0.29, 0.717) is 5.95 Å². The number of aromatic nitrogens is 4. The van der Waals surface area contributed by atoms with Gasteiger partial charge in [-0.1, -0.05) is 115 Å². The van der Waals surface area contributed by atoms with Gasteiger partial charge in [0.1, 0.15) is 0 Å². The highest BCUT2D eigenvalue weighted by Crippen LogP contribution is 2.43. The van der Waals surface area contributed by atoms with E-state index in [-0.39, 0.29) is 0 Å². The van der Waals surface area contributed by atoms with E-state index < -0.39 is 0 Å². The lowest BCUT2D eigenvalue weighted by Gasteiger charge is -2.11. The summed E-state index contributed by atoms with van der Waals surface area (Å²) >= 11 is 1.77. The van der Waals surface area contributed by atoms with Crippen LogP contribution in [0.5, 0.6) is 0 Å². The number of fused-ring (bicyclic) bond motifs is 11. The molecule has 4 nitrogen and oxygen atoms in total. The van der Waals surface area contributed by atoms with Crippen LogP contribution in [0, 0.1) is 0 Å². The van der Waals surface area contributed by atoms with Crippen LogP contribution in [0.15, 0.2) is 158 Å². The van der Waals surface area contributed by atoms with Crippen molar-refractivity contribution < 1.29 is 0 Å². The van der Waals surface area contributed by atoms with Crippen LogP contribution in [0.3, 0.4) is 0 Å². The second-order valence-corrected chi connectivity index (χ2v) is 13.7. The van der Waals surface area contributed by atoms with Crippen LogP contribution in [0.1, 0.15) is 0 Å². The molecule has 4 aromatic heterocycles. The first-order valence-electron chi connectivity index (χ1n) is 16.5. The van der Waals surface area contributed by atoms with Crippen LogP contribution in [0.4, 0.5) is 0 Å². The molecule has 5 heteroatoms. The quantitative estimate of drug-likeness (QED) is 0.192. The van der Waals surface area contributed by atoms with Crippen LogP contribution < -0.4 is 0 Å². The van der Waals surface area contributed by atoms with Crippen LogP contribution in [0.25, 0.3) is 97.6 Å². The molecule has 0 bridgehead atoms. The van der Waals surface area contributed by atoms with Crippen LogP contribution >= 0.6 is 11.3 Å². The minimum Gasteiger partial charge on any atom is -0.309 e. The monoisotopic (exact) mass is 642 g/mol. The minimum absolute atomic E-state index is 0.673. The molecule has 0 aliphatic carbocycles. The predicted octanol–water partition coefficient (Wildman–Crippen LogP) is 11.9. The van der Waals surface area contributed by atoms with Crippen LogP contribution in [0.2, 0.25) is 0 Å². The SMILES string of the molecule is c1ccc(-n2c3ccccc3c3ccc4c(c5ccccc5n4-c4nc(-c5ccc6ccccc6c5)c5sc6ccccc6c5n4)c32)cc1. The Morgan fingerprint density at radius 3 is 2.02 bits per heavy atom. The van der Waals surface area contributed by atoms with E-state index in [4.69, 9.17) is 9.97 Å². The molecule has 0 unspecified atom stereocenters. The molecule has 4 heterocycles. The molecule has 0 aliphatic heterocycles. The minimum atomic E-state index is 0.673. The Balaban J connectivity index is 1.29. The first-order valence-corrected chi connectivity index (χ1v) is 17.3. The third-order valence-electron chi connectivity index (χ3n) is 9.92. The number of benzene rings is 7. The van der Waals surface area contributed by atoms with Gasteiger partial charge in [0.05, 0.1) is 38.0 Å². The average molecular weight is 643 g/mol. The molecule has 0 saturated heterocycles. The van der Waals surface area contributed by atoms with Crippen molar-refractivity contribution in [3.63, 3.8) is 0 Å². The fourth-order valence-corrected chi connectivity index (χ4v) is 8.93. The van der Waals surface area contributed by atoms with Gasteiger partial charge in [0, 0.05) is 42.9 Å². The molecule has 0 aliphatic rings. The lowest BCUT2D eigenvalue weighted by atomic mass is 10.0. The number of hydrogen-bond donors (Lipinski definition) is 0. The van der Waals surface area contributed by atoms with E-state index in [0.717, 1.165) is 43.6 Å². The Labute approximate surface area is 284 Å². The normalized spacial score (nSPS) is 12.1. The maximum absolute atomic E-state index is 5.47. The summed E-state index contributed by atoms with van der Waals surface area (Å²) in [7, 11) is 0. The van der Waals surface area contributed by atoms with E-state index in [1.165, 1.54) is 48.1 Å². The zero-order chi connectivity index (χ0) is 32.1. The van der Waals surface area contributed by atoms with Gasteiger partial charge < -0.3 is 4.57 Å². The standard InChI is InChI=1S/C44H26N4S/c1-2-14-30(15-3-1)47-35-19-9-6-16-31(35)32-24-25-37-39(42(32)47)33-17-7-10-20-36(33)48(37)44-45-40(29-23-22-27-12-4-5-13-28(27)26-29)43-41(46-44)34-18-8-11-21-38(34)49-43/h1-26H. The number of rotatable bonds is 3. The van der Waals surface area contributed by atoms with E-state index >= 15 is 0 Å². The van der Waals surface area contributed by atoms with Crippen LogP contribution in [-0.4, -0.2) is 19.1 Å². The second-order valence-electron chi connectivity index (χ2n) is 12.6. The average Bonchev–Trinajstić information content (AvgIpc) is 3.82. The van der Waals surface area contributed by atoms with E-state index in [1.54, 1.807) is 11.3 Å². The summed E-state index contributed by atoms with van der Waals surface area (Å²) in [5.41, 5.74) is 8.71. The van der Waals surface area contributed by atoms with Crippen molar-refractivity contribution in [3.8, 4) is 22.9 Å². The first-order chi connectivity index (χ1) is 24.3. The Kier molecular flexibility index (Phi) is 5.51. The summed E-state index contributed by atoms with van der Waals surface area (Å²) in [6, 6.07) is 56.4. The van der Waals surface area contributed by atoms with Gasteiger partial charge in [0.15, 0.2) is 0 Å². The predicted molar refractivity (Wildman–Crippen MR) is 207 cm³/mol. The highest BCUT2D eigenvalue weighted by molar-refractivity contribution is 7.26. The Morgan fingerprint density at radius 2 is 1.16 bits per heavy atom. The third kappa shape index (κ3) is 3.79. The third-order valence-corrected chi connectivity index (χ3v) is 11.1. The molecule has 0 N–H and O–H groups in total.